The van der Waals surface area contributed by atoms with Gasteiger partial charge in [-0.2, -0.15) is 0 Å². The summed E-state index contributed by atoms with van der Waals surface area (Å²) in [5.41, 5.74) is 0. The first-order valence-electron chi connectivity index (χ1n) is 6.16. The van der Waals surface area contributed by atoms with Crippen molar-refractivity contribution in [2.45, 2.75) is 38.4 Å². The number of hydrogen-bond acceptors (Lipinski definition) is 4. The summed E-state index contributed by atoms with van der Waals surface area (Å²) < 4.78 is 10.2. The van der Waals surface area contributed by atoms with Gasteiger partial charge in [0.25, 0.3) is 0 Å². The van der Waals surface area contributed by atoms with Gasteiger partial charge in [-0.3, -0.25) is 4.79 Å². The fraction of sp³-hybridized carbons (Fsp3) is 0.833. The van der Waals surface area contributed by atoms with E-state index in [1.165, 1.54) is 0 Å². The third-order valence-corrected chi connectivity index (χ3v) is 2.89. The van der Waals surface area contributed by atoms with Crippen molar-refractivity contribution in [1.82, 2.24) is 5.32 Å². The summed E-state index contributed by atoms with van der Waals surface area (Å²) >= 11 is 0. The predicted molar refractivity (Wildman–Crippen MR) is 64.2 cm³/mol. The van der Waals surface area contributed by atoms with E-state index >= 15 is 0 Å². The summed E-state index contributed by atoms with van der Waals surface area (Å²) in [5.74, 6) is -0.814. The number of ether oxygens (including phenoxy) is 2. The van der Waals surface area contributed by atoms with Crippen LogP contribution in [0.3, 0.4) is 0 Å². The van der Waals surface area contributed by atoms with Crippen LogP contribution in [0, 0.1) is 5.92 Å². The highest BCUT2D eigenvalue weighted by Gasteiger charge is 2.30. The van der Waals surface area contributed by atoms with E-state index in [0.717, 1.165) is 0 Å². The lowest BCUT2D eigenvalue weighted by Crippen LogP contribution is -2.34. The molecule has 3 atom stereocenters. The minimum absolute atomic E-state index is 0.0538. The third kappa shape index (κ3) is 5.01. The van der Waals surface area contributed by atoms with E-state index in [4.69, 9.17) is 14.6 Å². The van der Waals surface area contributed by atoms with Crippen LogP contribution in [0.2, 0.25) is 0 Å². The zero-order valence-corrected chi connectivity index (χ0v) is 10.8. The number of amides is 1. The molecule has 0 spiro atoms. The second-order valence-corrected chi connectivity index (χ2v) is 4.73. The van der Waals surface area contributed by atoms with Crippen molar-refractivity contribution in [3.63, 3.8) is 0 Å². The minimum atomic E-state index is -0.933. The summed E-state index contributed by atoms with van der Waals surface area (Å²) in [7, 11) is 1.60. The highest BCUT2D eigenvalue weighted by atomic mass is 16.5. The van der Waals surface area contributed by atoms with E-state index in [-0.39, 0.29) is 17.9 Å². The molecule has 1 heterocycles. The standard InChI is InChI=1S/C12H21NO5/c1-8(7-17-2)5-11(14)13-6-9-3-4-10(18-9)12(15)16/h8-10H,3-7H2,1-2H3,(H,13,14)(H,15,16). The first-order chi connectivity index (χ1) is 8.52. The van der Waals surface area contributed by atoms with Gasteiger partial charge >= 0.3 is 5.97 Å². The second-order valence-electron chi connectivity index (χ2n) is 4.73. The Hall–Kier alpha value is -1.14. The van der Waals surface area contributed by atoms with Crippen LogP contribution < -0.4 is 5.32 Å². The quantitative estimate of drug-likeness (QED) is 0.691. The fourth-order valence-electron chi connectivity index (χ4n) is 2.00. The van der Waals surface area contributed by atoms with Crippen molar-refractivity contribution in [2.24, 2.45) is 5.92 Å². The molecule has 0 aromatic carbocycles. The average molecular weight is 259 g/mol. The van der Waals surface area contributed by atoms with Gasteiger partial charge in [-0.25, -0.2) is 4.79 Å². The molecule has 1 aliphatic rings. The van der Waals surface area contributed by atoms with E-state index in [0.29, 0.717) is 32.4 Å². The van der Waals surface area contributed by atoms with Crippen LogP contribution in [-0.4, -0.2) is 49.5 Å². The SMILES string of the molecule is COCC(C)CC(=O)NCC1CCC(C(=O)O)O1. The average Bonchev–Trinajstić information content (AvgIpc) is 2.75. The highest BCUT2D eigenvalue weighted by Crippen LogP contribution is 2.19. The first-order valence-corrected chi connectivity index (χ1v) is 6.16. The molecule has 0 aliphatic carbocycles. The molecule has 1 rings (SSSR count). The highest BCUT2D eigenvalue weighted by molar-refractivity contribution is 5.76. The first kappa shape index (κ1) is 14.9. The van der Waals surface area contributed by atoms with Gasteiger partial charge in [0, 0.05) is 26.7 Å². The number of carboxylic acids is 1. The maximum absolute atomic E-state index is 11.6. The number of rotatable bonds is 7. The summed E-state index contributed by atoms with van der Waals surface area (Å²) in [4.78, 5) is 22.2. The van der Waals surface area contributed by atoms with Crippen LogP contribution in [-0.2, 0) is 19.1 Å². The van der Waals surface area contributed by atoms with Gasteiger partial charge in [0.2, 0.25) is 5.91 Å². The van der Waals surface area contributed by atoms with E-state index in [2.05, 4.69) is 5.32 Å². The number of aliphatic carboxylic acids is 1. The molecular weight excluding hydrogens is 238 g/mol. The summed E-state index contributed by atoms with van der Waals surface area (Å²) in [6.45, 7) is 2.87. The van der Waals surface area contributed by atoms with Crippen LogP contribution in [0.15, 0.2) is 0 Å². The summed E-state index contributed by atoms with van der Waals surface area (Å²) in [6.07, 6.45) is 0.677. The molecule has 6 nitrogen and oxygen atoms in total. The lowest BCUT2D eigenvalue weighted by Gasteiger charge is -2.14. The predicted octanol–water partition coefficient (Wildman–Crippen LogP) is 0.407. The van der Waals surface area contributed by atoms with E-state index in [1.807, 2.05) is 6.92 Å². The third-order valence-electron chi connectivity index (χ3n) is 2.89. The Morgan fingerprint density at radius 3 is 2.78 bits per heavy atom. The number of hydrogen-bond donors (Lipinski definition) is 2. The van der Waals surface area contributed by atoms with Crippen molar-refractivity contribution in [3.8, 4) is 0 Å². The van der Waals surface area contributed by atoms with Gasteiger partial charge in [-0.1, -0.05) is 6.92 Å². The Morgan fingerprint density at radius 2 is 2.22 bits per heavy atom. The Kier molecular flexibility index (Phi) is 6.07. The lowest BCUT2D eigenvalue weighted by molar-refractivity contribution is -0.149. The van der Waals surface area contributed by atoms with Gasteiger partial charge in [0.1, 0.15) is 0 Å². The van der Waals surface area contributed by atoms with E-state index in [9.17, 15) is 9.59 Å². The van der Waals surface area contributed by atoms with Gasteiger partial charge in [-0.15, -0.1) is 0 Å². The summed E-state index contributed by atoms with van der Waals surface area (Å²) in [6, 6.07) is 0. The van der Waals surface area contributed by atoms with Crippen molar-refractivity contribution in [3.05, 3.63) is 0 Å². The van der Waals surface area contributed by atoms with E-state index < -0.39 is 12.1 Å². The Labute approximate surface area is 107 Å². The number of carbonyl (C=O) groups is 2. The van der Waals surface area contributed by atoms with Crippen molar-refractivity contribution in [2.75, 3.05) is 20.3 Å². The van der Waals surface area contributed by atoms with Crippen LogP contribution in [0.25, 0.3) is 0 Å². The molecule has 2 N–H and O–H groups in total. The number of nitrogens with one attached hydrogen (secondary N) is 1. The molecule has 0 aromatic heterocycles. The molecule has 0 radical (unpaired) electrons. The molecule has 3 unspecified atom stereocenters. The molecule has 0 aromatic rings. The normalized spacial score (nSPS) is 24.8. The maximum Gasteiger partial charge on any atom is 0.332 e. The second kappa shape index (κ2) is 7.33. The molecule has 6 heteroatoms. The van der Waals surface area contributed by atoms with E-state index in [1.54, 1.807) is 7.11 Å². The van der Waals surface area contributed by atoms with Crippen LogP contribution >= 0.6 is 0 Å². The molecule has 0 saturated carbocycles. The zero-order chi connectivity index (χ0) is 13.5. The number of carbonyl (C=O) groups excluding carboxylic acids is 1. The van der Waals surface area contributed by atoms with Crippen LogP contribution in [0.1, 0.15) is 26.2 Å². The molecule has 1 aliphatic heterocycles. The maximum atomic E-state index is 11.6. The molecule has 104 valence electrons. The molecule has 1 amide bonds. The van der Waals surface area contributed by atoms with Crippen LogP contribution in [0.5, 0.6) is 0 Å². The molecule has 1 fully saturated rings. The van der Waals surface area contributed by atoms with Gasteiger partial charge in [0.15, 0.2) is 6.10 Å². The fourth-order valence-corrected chi connectivity index (χ4v) is 2.00. The Balaban J connectivity index is 2.17. The molecular formula is C12H21NO5. The largest absolute Gasteiger partial charge is 0.479 e. The molecule has 18 heavy (non-hydrogen) atoms. The molecule has 0 bridgehead atoms. The summed E-state index contributed by atoms with van der Waals surface area (Å²) in [5, 5.41) is 11.5. The van der Waals surface area contributed by atoms with Gasteiger partial charge < -0.3 is 19.9 Å². The Bertz CT molecular complexity index is 294. The Morgan fingerprint density at radius 1 is 1.50 bits per heavy atom. The minimum Gasteiger partial charge on any atom is -0.479 e. The monoisotopic (exact) mass is 259 g/mol. The number of methoxy groups -OCH3 is 1. The number of carboxylic acid groups (broad SMARTS) is 1. The van der Waals surface area contributed by atoms with Gasteiger partial charge in [-0.05, 0) is 18.8 Å². The molecule has 1 saturated heterocycles. The van der Waals surface area contributed by atoms with Crippen molar-refractivity contribution in [1.29, 1.82) is 0 Å². The van der Waals surface area contributed by atoms with Crippen molar-refractivity contribution >= 4 is 11.9 Å². The van der Waals surface area contributed by atoms with Crippen molar-refractivity contribution < 1.29 is 24.2 Å². The smallest absolute Gasteiger partial charge is 0.332 e. The zero-order valence-electron chi connectivity index (χ0n) is 10.8. The topological polar surface area (TPSA) is 84.9 Å². The van der Waals surface area contributed by atoms with Crippen LogP contribution in [0.4, 0.5) is 0 Å². The lowest BCUT2D eigenvalue weighted by atomic mass is 10.1. The van der Waals surface area contributed by atoms with Gasteiger partial charge in [0.05, 0.1) is 6.10 Å².